The molecule has 2 aromatic rings. The van der Waals surface area contributed by atoms with E-state index in [1.807, 2.05) is 0 Å². The third kappa shape index (κ3) is 5.53. The van der Waals surface area contributed by atoms with Gasteiger partial charge in [-0.25, -0.2) is 8.42 Å². The first-order valence-electron chi connectivity index (χ1n) is 8.40. The molecule has 0 fully saturated rings. The summed E-state index contributed by atoms with van der Waals surface area (Å²) in [4.78, 5) is 12.6. The number of carbonyl (C=O) groups excluding carboxylic acids is 1. The summed E-state index contributed by atoms with van der Waals surface area (Å²) in [5, 5.41) is 3.27. The first-order chi connectivity index (χ1) is 13.2. The van der Waals surface area contributed by atoms with Gasteiger partial charge in [0.05, 0.1) is 32.2 Å². The molecule has 0 unspecified atom stereocenters. The van der Waals surface area contributed by atoms with Gasteiger partial charge in [0.15, 0.2) is 0 Å². The van der Waals surface area contributed by atoms with Gasteiger partial charge in [-0.15, -0.1) is 0 Å². The summed E-state index contributed by atoms with van der Waals surface area (Å²) >= 11 is 5.86. The van der Waals surface area contributed by atoms with Crippen LogP contribution in [-0.2, 0) is 14.8 Å². The lowest BCUT2D eigenvalue weighted by atomic mass is 10.1. The van der Waals surface area contributed by atoms with Crippen LogP contribution in [0.1, 0.15) is 18.5 Å². The second-order valence-corrected chi connectivity index (χ2v) is 8.49. The molecule has 0 aliphatic rings. The fourth-order valence-electron chi connectivity index (χ4n) is 2.68. The van der Waals surface area contributed by atoms with Crippen molar-refractivity contribution in [3.63, 3.8) is 0 Å². The zero-order valence-electron chi connectivity index (χ0n) is 16.1. The summed E-state index contributed by atoms with van der Waals surface area (Å²) in [6, 6.07) is 11.1. The van der Waals surface area contributed by atoms with Crippen molar-refractivity contribution in [2.75, 3.05) is 31.3 Å². The second kappa shape index (κ2) is 9.16. The summed E-state index contributed by atoms with van der Waals surface area (Å²) in [7, 11) is -0.585. The predicted molar refractivity (Wildman–Crippen MR) is 110 cm³/mol. The van der Waals surface area contributed by atoms with E-state index >= 15 is 0 Å². The Bertz CT molecular complexity index is 932. The lowest BCUT2D eigenvalue weighted by Crippen LogP contribution is -2.41. The molecular weight excluding hydrogens is 404 g/mol. The number of amides is 1. The molecule has 0 aromatic heterocycles. The first kappa shape index (κ1) is 21.8. The van der Waals surface area contributed by atoms with E-state index in [0.29, 0.717) is 27.8 Å². The van der Waals surface area contributed by atoms with Gasteiger partial charge in [-0.05, 0) is 49.4 Å². The van der Waals surface area contributed by atoms with Crippen LogP contribution in [-0.4, -0.2) is 41.3 Å². The minimum atomic E-state index is -3.67. The van der Waals surface area contributed by atoms with Crippen molar-refractivity contribution in [1.29, 1.82) is 0 Å². The fourth-order valence-corrected chi connectivity index (χ4v) is 3.66. The smallest absolute Gasteiger partial charge is 0.241 e. The summed E-state index contributed by atoms with van der Waals surface area (Å²) in [5.41, 5.74) is 1.07. The molecule has 0 radical (unpaired) electrons. The van der Waals surface area contributed by atoms with Gasteiger partial charge >= 0.3 is 0 Å². The average Bonchev–Trinajstić information content (AvgIpc) is 2.65. The van der Waals surface area contributed by atoms with E-state index in [1.165, 1.54) is 7.11 Å². The van der Waals surface area contributed by atoms with Crippen LogP contribution in [0.3, 0.4) is 0 Å². The van der Waals surface area contributed by atoms with E-state index in [4.69, 9.17) is 21.1 Å². The van der Waals surface area contributed by atoms with E-state index in [2.05, 4.69) is 5.32 Å². The van der Waals surface area contributed by atoms with Crippen molar-refractivity contribution in [3.05, 3.63) is 53.1 Å². The number of halogens is 1. The highest BCUT2D eigenvalue weighted by Gasteiger charge is 2.23. The summed E-state index contributed by atoms with van der Waals surface area (Å²) < 4.78 is 35.9. The van der Waals surface area contributed by atoms with E-state index in [0.717, 1.165) is 10.6 Å². The summed E-state index contributed by atoms with van der Waals surface area (Å²) in [6.07, 6.45) is 1.05. The Morgan fingerprint density at radius 2 is 1.79 bits per heavy atom. The van der Waals surface area contributed by atoms with Crippen LogP contribution in [0.25, 0.3) is 0 Å². The Morgan fingerprint density at radius 3 is 2.32 bits per heavy atom. The van der Waals surface area contributed by atoms with Crippen molar-refractivity contribution in [2.24, 2.45) is 0 Å². The topological polar surface area (TPSA) is 84.9 Å². The number of methoxy groups -OCH3 is 2. The van der Waals surface area contributed by atoms with Gasteiger partial charge in [0, 0.05) is 10.6 Å². The molecule has 2 aromatic carbocycles. The number of nitrogens with zero attached hydrogens (tertiary/aromatic N) is 1. The highest BCUT2D eigenvalue weighted by atomic mass is 35.5. The Labute approximate surface area is 170 Å². The lowest BCUT2D eigenvalue weighted by Gasteiger charge is -2.24. The molecule has 0 aliphatic heterocycles. The average molecular weight is 427 g/mol. The van der Waals surface area contributed by atoms with Gasteiger partial charge < -0.3 is 14.8 Å². The van der Waals surface area contributed by atoms with Crippen LogP contribution >= 0.6 is 11.6 Å². The second-order valence-electron chi connectivity index (χ2n) is 6.14. The van der Waals surface area contributed by atoms with Crippen molar-refractivity contribution < 1.29 is 22.7 Å². The Balaban J connectivity index is 2.20. The minimum Gasteiger partial charge on any atom is -0.497 e. The zero-order valence-corrected chi connectivity index (χ0v) is 17.7. The number of carbonyl (C=O) groups is 1. The Kier molecular flexibility index (Phi) is 7.15. The third-order valence-corrected chi connectivity index (χ3v) is 5.48. The van der Waals surface area contributed by atoms with Crippen LogP contribution in [0.5, 0.6) is 11.5 Å². The molecule has 0 heterocycles. The Morgan fingerprint density at radius 1 is 1.14 bits per heavy atom. The molecule has 9 heteroatoms. The third-order valence-electron chi connectivity index (χ3n) is 4.08. The zero-order chi connectivity index (χ0) is 20.9. The maximum atomic E-state index is 12.6. The van der Waals surface area contributed by atoms with Gasteiger partial charge in [-0.3, -0.25) is 9.10 Å². The monoisotopic (exact) mass is 426 g/mol. The number of hydrogen-bond donors (Lipinski definition) is 1. The molecule has 0 bridgehead atoms. The van der Waals surface area contributed by atoms with Gasteiger partial charge in [-0.1, -0.05) is 11.6 Å². The van der Waals surface area contributed by atoms with Crippen LogP contribution in [0, 0.1) is 0 Å². The van der Waals surface area contributed by atoms with Crippen molar-refractivity contribution in [2.45, 2.75) is 13.0 Å². The highest BCUT2D eigenvalue weighted by molar-refractivity contribution is 7.92. The molecule has 0 aliphatic carbocycles. The van der Waals surface area contributed by atoms with E-state index in [-0.39, 0.29) is 6.54 Å². The normalized spacial score (nSPS) is 12.2. The van der Waals surface area contributed by atoms with Crippen LogP contribution < -0.4 is 19.1 Å². The fraction of sp³-hybridized carbons (Fsp3) is 0.316. The number of sulfonamides is 1. The lowest BCUT2D eigenvalue weighted by molar-refractivity contribution is -0.120. The molecule has 1 amide bonds. The number of hydrogen-bond acceptors (Lipinski definition) is 5. The molecule has 0 spiro atoms. The largest absolute Gasteiger partial charge is 0.497 e. The minimum absolute atomic E-state index is 0.355. The van der Waals surface area contributed by atoms with Crippen LogP contribution in [0.4, 0.5) is 5.69 Å². The molecule has 7 nitrogen and oxygen atoms in total. The molecule has 152 valence electrons. The molecule has 1 atom stereocenters. The van der Waals surface area contributed by atoms with E-state index in [9.17, 15) is 13.2 Å². The first-order valence-corrected chi connectivity index (χ1v) is 10.6. The van der Waals surface area contributed by atoms with Gasteiger partial charge in [0.25, 0.3) is 0 Å². The number of nitrogens with one attached hydrogen (secondary N) is 1. The van der Waals surface area contributed by atoms with E-state index in [1.54, 1.807) is 56.5 Å². The van der Waals surface area contributed by atoms with Gasteiger partial charge in [-0.2, -0.15) is 0 Å². The molecule has 28 heavy (non-hydrogen) atoms. The number of anilines is 1. The summed E-state index contributed by atoms with van der Waals surface area (Å²) in [6.45, 7) is 1.42. The highest BCUT2D eigenvalue weighted by Crippen LogP contribution is 2.29. The number of benzene rings is 2. The molecule has 0 saturated carbocycles. The quantitative estimate of drug-likeness (QED) is 0.701. The maximum absolute atomic E-state index is 12.6. The molecule has 1 N–H and O–H groups in total. The standard InChI is InChI=1S/C19H23ClN2O5S/c1-13(17-11-16(26-2)9-10-18(17)27-3)21-19(23)12-22(28(4,24)25)15-7-5-14(20)6-8-15/h5-11,13H,12H2,1-4H3,(H,21,23)/t13-/m0/s1. The van der Waals surface area contributed by atoms with Crippen molar-refractivity contribution >= 4 is 33.2 Å². The number of rotatable bonds is 8. The maximum Gasteiger partial charge on any atom is 0.241 e. The SMILES string of the molecule is COc1ccc(OC)c([C@H](C)NC(=O)CN(c2ccc(Cl)cc2)S(C)(=O)=O)c1. The van der Waals surface area contributed by atoms with Crippen LogP contribution in [0.15, 0.2) is 42.5 Å². The molecule has 2 rings (SSSR count). The van der Waals surface area contributed by atoms with Gasteiger partial charge in [0.1, 0.15) is 18.0 Å². The molecular formula is C19H23ClN2O5S. The van der Waals surface area contributed by atoms with Crippen LogP contribution in [0.2, 0.25) is 5.02 Å². The predicted octanol–water partition coefficient (Wildman–Crippen LogP) is 3.00. The van der Waals surface area contributed by atoms with Crippen molar-refractivity contribution in [3.8, 4) is 11.5 Å². The van der Waals surface area contributed by atoms with E-state index < -0.39 is 22.0 Å². The summed E-state index contributed by atoms with van der Waals surface area (Å²) in [5.74, 6) is 0.750. The number of ether oxygens (including phenoxy) is 2. The Hall–Kier alpha value is -2.45. The molecule has 0 saturated heterocycles. The van der Waals surface area contributed by atoms with Crippen molar-refractivity contribution in [1.82, 2.24) is 5.32 Å². The van der Waals surface area contributed by atoms with Gasteiger partial charge in [0.2, 0.25) is 15.9 Å².